The normalized spacial score (nSPS) is 31.3. The number of rotatable bonds is 4. The van der Waals surface area contributed by atoms with Gasteiger partial charge in [0.2, 0.25) is 10.0 Å². The number of nitrogens with zero attached hydrogens (tertiary/aromatic N) is 1. The average Bonchev–Trinajstić information content (AvgIpc) is 3.28. The first-order chi connectivity index (χ1) is 12.5. The van der Waals surface area contributed by atoms with E-state index in [1.165, 1.54) is 22.1 Å². The van der Waals surface area contributed by atoms with Crippen LogP contribution in [-0.4, -0.2) is 43.8 Å². The molecule has 9 heteroatoms. The van der Waals surface area contributed by atoms with Crippen molar-refractivity contribution in [3.05, 3.63) is 16.3 Å². The van der Waals surface area contributed by atoms with E-state index in [2.05, 4.69) is 5.32 Å². The predicted molar refractivity (Wildman–Crippen MR) is 109 cm³/mol. The number of hydrogen-bond acceptors (Lipinski definition) is 5. The minimum atomic E-state index is -3.58. The number of thiophene rings is 1. The molecular weight excluding hydrogens is 406 g/mol. The third kappa shape index (κ3) is 4.05. The Morgan fingerprint density at radius 1 is 1.15 bits per heavy atom. The van der Waals surface area contributed by atoms with Crippen molar-refractivity contribution in [2.45, 2.75) is 61.9 Å². The number of nitrogens with one attached hydrogen (secondary N) is 1. The van der Waals surface area contributed by atoms with Crippen LogP contribution in [0.15, 0.2) is 16.3 Å². The lowest BCUT2D eigenvalue weighted by molar-refractivity contribution is 0.0757. The molecule has 1 aromatic heterocycles. The molecule has 0 radical (unpaired) electrons. The second-order valence-electron chi connectivity index (χ2n) is 7.91. The minimum absolute atomic E-state index is 0. The molecule has 0 aromatic carbocycles. The van der Waals surface area contributed by atoms with E-state index in [0.29, 0.717) is 29.8 Å². The molecule has 2 atom stereocenters. The smallest absolute Gasteiger partial charge is 0.262 e. The predicted octanol–water partition coefficient (Wildman–Crippen LogP) is 2.59. The molecule has 2 bridgehead atoms. The molecular formula is C18H28ClN3O3S2. The van der Waals surface area contributed by atoms with Gasteiger partial charge in [-0.15, -0.1) is 23.7 Å². The summed E-state index contributed by atoms with van der Waals surface area (Å²) in [6.45, 7) is 1.09. The fourth-order valence-electron chi connectivity index (χ4n) is 4.98. The lowest BCUT2D eigenvalue weighted by atomic mass is 9.67. The van der Waals surface area contributed by atoms with Gasteiger partial charge in [-0.25, -0.2) is 8.42 Å². The van der Waals surface area contributed by atoms with Gasteiger partial charge in [0.25, 0.3) is 5.91 Å². The zero-order chi connectivity index (χ0) is 18.3. The standard InChI is InChI=1S/C18H27N3O3S2.ClH/c19-14-10-12-4-3-5-13(11-14)16(12)20-18(22)17-15(6-9-25-17)26(23,24)21-7-1-2-8-21;/h6,9,12-14,16H,1-5,7-8,10-11,19H2,(H,20,22);1H. The average molecular weight is 434 g/mol. The quantitative estimate of drug-likeness (QED) is 0.763. The third-order valence-corrected chi connectivity index (χ3v) is 9.18. The van der Waals surface area contributed by atoms with Crippen LogP contribution < -0.4 is 11.1 Å². The van der Waals surface area contributed by atoms with Gasteiger partial charge in [-0.1, -0.05) is 6.42 Å². The maximum absolute atomic E-state index is 13.0. The summed E-state index contributed by atoms with van der Waals surface area (Å²) in [5.41, 5.74) is 6.17. The first kappa shape index (κ1) is 21.0. The van der Waals surface area contributed by atoms with Crippen LogP contribution in [0.25, 0.3) is 0 Å². The van der Waals surface area contributed by atoms with Crippen molar-refractivity contribution >= 4 is 39.7 Å². The number of fused-ring (bicyclic) bond motifs is 2. The van der Waals surface area contributed by atoms with Crippen LogP contribution in [0, 0.1) is 11.8 Å². The molecule has 2 heterocycles. The second kappa shape index (κ2) is 8.37. The van der Waals surface area contributed by atoms with E-state index < -0.39 is 10.0 Å². The molecule has 2 aliphatic carbocycles. The summed E-state index contributed by atoms with van der Waals surface area (Å²) in [7, 11) is -3.58. The Kier molecular flexibility index (Phi) is 6.52. The van der Waals surface area contributed by atoms with Crippen LogP contribution in [0.5, 0.6) is 0 Å². The van der Waals surface area contributed by atoms with Crippen molar-refractivity contribution in [1.82, 2.24) is 9.62 Å². The Hall–Kier alpha value is -0.670. The number of sulfonamides is 1. The number of halogens is 1. The maximum atomic E-state index is 13.0. The van der Waals surface area contributed by atoms with E-state index in [1.807, 2.05) is 0 Å². The van der Waals surface area contributed by atoms with Crippen molar-refractivity contribution in [3.63, 3.8) is 0 Å². The van der Waals surface area contributed by atoms with Crippen molar-refractivity contribution in [1.29, 1.82) is 0 Å². The van der Waals surface area contributed by atoms with Gasteiger partial charge in [0.15, 0.2) is 0 Å². The van der Waals surface area contributed by atoms with Crippen LogP contribution in [-0.2, 0) is 10.0 Å². The van der Waals surface area contributed by atoms with Crippen molar-refractivity contribution in [2.24, 2.45) is 17.6 Å². The molecule has 2 unspecified atom stereocenters. The van der Waals surface area contributed by atoms with Crippen LogP contribution >= 0.6 is 23.7 Å². The molecule has 27 heavy (non-hydrogen) atoms. The van der Waals surface area contributed by atoms with Gasteiger partial charge in [-0.3, -0.25) is 4.79 Å². The van der Waals surface area contributed by atoms with Gasteiger partial charge >= 0.3 is 0 Å². The zero-order valence-corrected chi connectivity index (χ0v) is 17.8. The van der Waals surface area contributed by atoms with Crippen LogP contribution in [0.3, 0.4) is 0 Å². The Bertz CT molecular complexity index is 763. The summed E-state index contributed by atoms with van der Waals surface area (Å²) in [6, 6.07) is 1.93. The van der Waals surface area contributed by atoms with E-state index in [4.69, 9.17) is 5.73 Å². The highest BCUT2D eigenvalue weighted by Crippen LogP contribution is 2.40. The molecule has 1 amide bonds. The molecule has 1 aromatic rings. The maximum Gasteiger partial charge on any atom is 0.262 e. The first-order valence-electron chi connectivity index (χ1n) is 9.61. The van der Waals surface area contributed by atoms with E-state index in [9.17, 15) is 13.2 Å². The number of carbonyl (C=O) groups is 1. The fraction of sp³-hybridized carbons (Fsp3) is 0.722. The number of carbonyl (C=O) groups excluding carboxylic acids is 1. The molecule has 4 rings (SSSR count). The Morgan fingerprint density at radius 3 is 2.41 bits per heavy atom. The number of amides is 1. The van der Waals surface area contributed by atoms with E-state index in [-0.39, 0.29) is 35.3 Å². The minimum Gasteiger partial charge on any atom is -0.348 e. The van der Waals surface area contributed by atoms with Gasteiger partial charge in [-0.2, -0.15) is 4.31 Å². The van der Waals surface area contributed by atoms with Gasteiger partial charge in [0.05, 0.1) is 0 Å². The molecule has 3 fully saturated rings. The molecule has 0 spiro atoms. The lowest BCUT2D eigenvalue weighted by Gasteiger charge is -2.45. The molecule has 1 saturated heterocycles. The van der Waals surface area contributed by atoms with E-state index in [0.717, 1.165) is 38.5 Å². The molecule has 152 valence electrons. The third-order valence-electron chi connectivity index (χ3n) is 6.19. The van der Waals surface area contributed by atoms with E-state index in [1.54, 1.807) is 11.4 Å². The summed E-state index contributed by atoms with van der Waals surface area (Å²) in [4.78, 5) is 13.4. The first-order valence-corrected chi connectivity index (χ1v) is 11.9. The van der Waals surface area contributed by atoms with Gasteiger partial charge < -0.3 is 11.1 Å². The number of hydrogen-bond donors (Lipinski definition) is 2. The molecule has 3 N–H and O–H groups in total. The fourth-order valence-corrected chi connectivity index (χ4v) is 7.80. The SMILES string of the molecule is Cl.NC1CC2CCCC(C1)C2NC(=O)c1sccc1S(=O)(=O)N1CCCC1. The lowest BCUT2D eigenvalue weighted by Crippen LogP contribution is -2.53. The Balaban J connectivity index is 0.00000210. The summed E-state index contributed by atoms with van der Waals surface area (Å²) >= 11 is 1.22. The Morgan fingerprint density at radius 2 is 1.78 bits per heavy atom. The molecule has 6 nitrogen and oxygen atoms in total. The van der Waals surface area contributed by atoms with Crippen LogP contribution in [0.4, 0.5) is 0 Å². The number of nitrogens with two attached hydrogens (primary N) is 1. The van der Waals surface area contributed by atoms with Crippen molar-refractivity contribution in [2.75, 3.05) is 13.1 Å². The van der Waals surface area contributed by atoms with Gasteiger partial charge in [-0.05, 0) is 61.8 Å². The van der Waals surface area contributed by atoms with Crippen molar-refractivity contribution in [3.8, 4) is 0 Å². The summed E-state index contributed by atoms with van der Waals surface area (Å²) in [5.74, 6) is 0.593. The molecule has 1 aliphatic heterocycles. The highest BCUT2D eigenvalue weighted by molar-refractivity contribution is 7.89. The van der Waals surface area contributed by atoms with Gasteiger partial charge in [0.1, 0.15) is 9.77 Å². The topological polar surface area (TPSA) is 92.5 Å². The summed E-state index contributed by atoms with van der Waals surface area (Å²) in [5, 5.41) is 4.88. The molecule has 2 saturated carbocycles. The zero-order valence-electron chi connectivity index (χ0n) is 15.3. The monoisotopic (exact) mass is 433 g/mol. The highest BCUT2D eigenvalue weighted by atomic mass is 35.5. The van der Waals surface area contributed by atoms with Crippen LogP contribution in [0.2, 0.25) is 0 Å². The Labute approximate surface area is 171 Å². The van der Waals surface area contributed by atoms with Crippen molar-refractivity contribution < 1.29 is 13.2 Å². The summed E-state index contributed by atoms with van der Waals surface area (Å²) in [6.07, 6.45) is 7.06. The van der Waals surface area contributed by atoms with E-state index >= 15 is 0 Å². The van der Waals surface area contributed by atoms with Crippen LogP contribution in [0.1, 0.15) is 54.6 Å². The largest absolute Gasteiger partial charge is 0.348 e. The highest BCUT2D eigenvalue weighted by Gasteiger charge is 2.41. The second-order valence-corrected chi connectivity index (χ2v) is 10.7. The molecule has 3 aliphatic rings. The van der Waals surface area contributed by atoms with Gasteiger partial charge in [0, 0.05) is 25.2 Å². The summed E-state index contributed by atoms with van der Waals surface area (Å²) < 4.78 is 27.3.